The summed E-state index contributed by atoms with van der Waals surface area (Å²) in [5.41, 5.74) is 5.64. The van der Waals surface area contributed by atoms with E-state index in [2.05, 4.69) is 0 Å². The van der Waals surface area contributed by atoms with Crippen LogP contribution in [0.1, 0.15) is 40.5 Å². The van der Waals surface area contributed by atoms with Crippen molar-refractivity contribution >= 4 is 26.7 Å². The van der Waals surface area contributed by atoms with Crippen molar-refractivity contribution in [1.29, 1.82) is 0 Å². The number of carboxylic acids is 3. The van der Waals surface area contributed by atoms with E-state index in [-0.39, 0.29) is 101 Å². The summed E-state index contributed by atoms with van der Waals surface area (Å²) in [7, 11) is 2.55. The number of carbonyl (C=O) groups excluding carboxylic acids is 3. The zero-order valence-corrected chi connectivity index (χ0v) is 26.7. The van der Waals surface area contributed by atoms with Gasteiger partial charge in [-0.05, 0) is 40.5 Å². The Kier molecular flexibility index (Phi) is 66.4. The van der Waals surface area contributed by atoms with Crippen molar-refractivity contribution in [2.45, 2.75) is 52.6 Å². The van der Waals surface area contributed by atoms with E-state index in [1.54, 1.807) is 21.3 Å². The molecule has 0 aliphatic heterocycles. The fourth-order valence-corrected chi connectivity index (χ4v) is 2.95. The van der Waals surface area contributed by atoms with Crippen LogP contribution in [0.2, 0.25) is 6.04 Å². The summed E-state index contributed by atoms with van der Waals surface area (Å²) in [6.45, 7) is 4.91. The molecule has 0 saturated heterocycles. The molecule has 11 nitrogen and oxygen atoms in total. The smallest absolute Gasteiger partial charge is 0.550 e. The van der Waals surface area contributed by atoms with E-state index in [0.29, 0.717) is 0 Å². The van der Waals surface area contributed by atoms with Gasteiger partial charge in [-0.15, -0.1) is 0 Å². The second-order valence-electron chi connectivity index (χ2n) is 4.64. The van der Waals surface area contributed by atoms with Crippen molar-refractivity contribution in [3.05, 3.63) is 0 Å². The third-order valence-electron chi connectivity index (χ3n) is 2.08. The summed E-state index contributed by atoms with van der Waals surface area (Å²) in [6.07, 6.45) is 1.96. The molecule has 15 heteroatoms. The molecule has 0 aliphatic carbocycles. The number of nitrogens with two attached hydrogens (primary N) is 1. The first-order valence-corrected chi connectivity index (χ1v) is 9.17. The predicted octanol–water partition coefficient (Wildman–Crippen LogP) is -11.6. The van der Waals surface area contributed by atoms with Crippen LogP contribution < -0.4 is 116 Å². The topological polar surface area (TPSA) is 209 Å². The predicted molar refractivity (Wildman–Crippen MR) is 91.5 cm³/mol. The Morgan fingerprint density at radius 1 is 0.828 bits per heavy atom. The Morgan fingerprint density at radius 2 is 1.03 bits per heavy atom. The van der Waals surface area contributed by atoms with Gasteiger partial charge in [-0.25, -0.2) is 0 Å². The van der Waals surface area contributed by atoms with Crippen molar-refractivity contribution in [3.8, 4) is 0 Å². The van der Waals surface area contributed by atoms with Gasteiger partial charge in [0.25, 0.3) is 0 Å². The largest absolute Gasteiger partial charge is 1.00 e. The number of hydrogen-bond acceptors (Lipinski definition) is 11. The Bertz CT molecular complexity index is 316. The van der Waals surface area contributed by atoms with Crippen molar-refractivity contribution < 1.29 is 132 Å². The van der Waals surface area contributed by atoms with E-state index in [4.69, 9.17) is 48.7 Å². The Balaban J connectivity index is -0.0000000388. The van der Waals surface area contributed by atoms with Crippen LogP contribution in [0.3, 0.4) is 0 Å². The number of carbonyl (C=O) groups is 3. The summed E-state index contributed by atoms with van der Waals surface area (Å²) in [5, 5.41) is 26.7. The fourth-order valence-electron chi connectivity index (χ4n) is 1.20. The van der Waals surface area contributed by atoms with Gasteiger partial charge in [-0.2, -0.15) is 0 Å². The SMILES string of the molecule is CC(=O)[O-].CC(=O)[O-].CC(=O)[O-].CO[Si](CCCC(C)N)(OC)OC.N.[Na+].[Na+].[Na+]. The van der Waals surface area contributed by atoms with Crippen LogP contribution in [0.15, 0.2) is 0 Å². The molecule has 29 heavy (non-hydrogen) atoms. The molecule has 5 N–H and O–H groups in total. The van der Waals surface area contributed by atoms with Crippen molar-refractivity contribution in [1.82, 2.24) is 6.15 Å². The average molecular weight is 470 g/mol. The van der Waals surface area contributed by atoms with Crippen LogP contribution in [0.5, 0.6) is 0 Å². The molecule has 0 heterocycles. The molecule has 0 spiro atoms. The van der Waals surface area contributed by atoms with Gasteiger partial charge >= 0.3 is 97.5 Å². The summed E-state index contributed by atoms with van der Waals surface area (Å²) in [6, 6.07) is 1.06. The molecule has 0 fully saturated rings. The molecule has 0 saturated carbocycles. The Labute approximate surface area is 241 Å². The third kappa shape index (κ3) is 72.9. The molecule has 0 rings (SSSR count). The van der Waals surface area contributed by atoms with Crippen LogP contribution >= 0.6 is 0 Å². The number of rotatable bonds is 7. The van der Waals surface area contributed by atoms with E-state index in [1.165, 1.54) is 0 Å². The maximum atomic E-state index is 8.89. The standard InChI is InChI=1S/C8H21NO3Si.3C2H4O2.H3N.3Na/c1-8(9)6-5-7-13(10-2,11-3)12-4;3*1-2(3)4;;;;/h8H,5-7,9H2,1-4H3;3*1H3,(H,3,4);1H3;;;/q;;;;;3*+1/p-3. The second-order valence-corrected chi connectivity index (χ2v) is 7.73. The van der Waals surface area contributed by atoms with Crippen LogP contribution in [0.25, 0.3) is 0 Å². The molecule has 0 aliphatic rings. The minimum atomic E-state index is -2.34. The maximum absolute atomic E-state index is 8.89. The molecule has 160 valence electrons. The molecule has 0 aromatic rings. The summed E-state index contributed by atoms with van der Waals surface area (Å²) >= 11 is 0. The first kappa shape index (κ1) is 52.4. The molecule has 1 unspecified atom stereocenters. The van der Waals surface area contributed by atoms with Gasteiger partial charge in [-0.3, -0.25) is 0 Å². The summed E-state index contributed by atoms with van der Waals surface area (Å²) < 4.78 is 15.8. The minimum absolute atomic E-state index is 0. The molecular weight excluding hydrogens is 437 g/mol. The van der Waals surface area contributed by atoms with E-state index in [0.717, 1.165) is 39.7 Å². The van der Waals surface area contributed by atoms with Crippen LogP contribution in [0, 0.1) is 0 Å². The first-order chi connectivity index (χ1) is 11.3. The summed E-state index contributed by atoms with van der Waals surface area (Å²) in [4.78, 5) is 26.7. The fraction of sp³-hybridized carbons (Fsp3) is 0.786. The van der Waals surface area contributed by atoms with E-state index >= 15 is 0 Å². The second kappa shape index (κ2) is 36.8. The monoisotopic (exact) mass is 470 g/mol. The average Bonchev–Trinajstić information content (AvgIpc) is 2.42. The molecule has 0 bridgehead atoms. The van der Waals surface area contributed by atoms with Gasteiger partial charge in [0.15, 0.2) is 0 Å². The maximum Gasteiger partial charge on any atom is 1.00 e. The normalized spacial score (nSPS) is 9.10. The number of aliphatic carboxylic acids is 3. The number of carboxylic acid groups (broad SMARTS) is 3. The molecule has 1 atom stereocenters. The quantitative estimate of drug-likeness (QED) is 0.334. The zero-order valence-electron chi connectivity index (χ0n) is 19.7. The van der Waals surface area contributed by atoms with Gasteiger partial charge in [-0.1, -0.05) is 0 Å². The van der Waals surface area contributed by atoms with E-state index in [9.17, 15) is 0 Å². The third-order valence-corrected chi connectivity index (χ3v) is 4.91. The van der Waals surface area contributed by atoms with Gasteiger partial charge < -0.3 is 54.9 Å². The zero-order chi connectivity index (χ0) is 21.1. The van der Waals surface area contributed by atoms with Crippen LogP contribution in [-0.4, -0.2) is 54.1 Å². The van der Waals surface area contributed by atoms with Gasteiger partial charge in [0.2, 0.25) is 0 Å². The van der Waals surface area contributed by atoms with Crippen LogP contribution in [-0.2, 0) is 27.7 Å². The molecule has 0 aromatic carbocycles. The van der Waals surface area contributed by atoms with Gasteiger partial charge in [0, 0.05) is 51.3 Å². The van der Waals surface area contributed by atoms with Crippen molar-refractivity contribution in [3.63, 3.8) is 0 Å². The molecule has 0 amide bonds. The van der Waals surface area contributed by atoms with Crippen molar-refractivity contribution in [2.24, 2.45) is 5.73 Å². The van der Waals surface area contributed by atoms with Gasteiger partial charge in [0.05, 0.1) is 0 Å². The number of hydrogen-bond donors (Lipinski definition) is 2. The summed E-state index contributed by atoms with van der Waals surface area (Å²) in [5.74, 6) is -3.25. The Morgan fingerprint density at radius 3 is 1.17 bits per heavy atom. The Hall–Kier alpha value is 1.43. The van der Waals surface area contributed by atoms with Gasteiger partial charge in [0.1, 0.15) is 0 Å². The van der Waals surface area contributed by atoms with E-state index in [1.807, 2.05) is 6.92 Å². The molecular formula is C14H33N2Na3O9Si. The van der Waals surface area contributed by atoms with E-state index < -0.39 is 26.7 Å². The first-order valence-electron chi connectivity index (χ1n) is 7.23. The van der Waals surface area contributed by atoms with Crippen molar-refractivity contribution in [2.75, 3.05) is 21.3 Å². The van der Waals surface area contributed by atoms with Crippen LogP contribution in [0.4, 0.5) is 0 Å². The minimum Gasteiger partial charge on any atom is -0.550 e. The molecule has 0 aromatic heterocycles. The molecule has 0 radical (unpaired) electrons.